The van der Waals surface area contributed by atoms with Gasteiger partial charge in [-0.15, -0.1) is 0 Å². The highest BCUT2D eigenvalue weighted by atomic mass is 16.5. The Morgan fingerprint density at radius 3 is 3.00 bits per heavy atom. The van der Waals surface area contributed by atoms with Gasteiger partial charge in [0.25, 0.3) is 5.91 Å². The number of carbonyl (C=O) groups excluding carboxylic acids is 1. The zero-order chi connectivity index (χ0) is 14.8. The van der Waals surface area contributed by atoms with Crippen molar-refractivity contribution in [3.63, 3.8) is 0 Å². The van der Waals surface area contributed by atoms with E-state index in [0.717, 1.165) is 37.2 Å². The molecule has 0 aliphatic carbocycles. The van der Waals surface area contributed by atoms with E-state index in [9.17, 15) is 4.79 Å². The highest BCUT2D eigenvalue weighted by Crippen LogP contribution is 2.26. The van der Waals surface area contributed by atoms with Crippen LogP contribution in [0, 0.1) is 6.92 Å². The normalized spacial score (nSPS) is 13.6. The third-order valence-electron chi connectivity index (χ3n) is 3.74. The summed E-state index contributed by atoms with van der Waals surface area (Å²) in [5.41, 5.74) is 2.21. The maximum absolute atomic E-state index is 12.4. The summed E-state index contributed by atoms with van der Waals surface area (Å²) in [4.78, 5) is 16.8. The van der Waals surface area contributed by atoms with Crippen LogP contribution in [0.1, 0.15) is 34.7 Å². The van der Waals surface area contributed by atoms with E-state index in [1.807, 2.05) is 31.3 Å². The first-order chi connectivity index (χ1) is 10.2. The van der Waals surface area contributed by atoms with E-state index in [1.54, 1.807) is 7.11 Å². The molecule has 0 bridgehead atoms. The molecule has 1 amide bonds. The fourth-order valence-electron chi connectivity index (χ4n) is 2.63. The number of hydrogen-bond acceptors (Lipinski definition) is 3. The molecule has 2 aromatic rings. The second-order valence-electron chi connectivity index (χ2n) is 5.35. The predicted octanol–water partition coefficient (Wildman–Crippen LogP) is 2.79. The molecule has 1 N–H and O–H groups in total. The fourth-order valence-corrected chi connectivity index (χ4v) is 2.63. The molecule has 1 aromatic heterocycles. The van der Waals surface area contributed by atoms with Gasteiger partial charge in [0.1, 0.15) is 17.3 Å². The topological polar surface area (TPSA) is 56.1 Å². The summed E-state index contributed by atoms with van der Waals surface area (Å²) in [5, 5.41) is 2.89. The summed E-state index contributed by atoms with van der Waals surface area (Å²) in [7, 11) is 1.59. The Bertz CT molecular complexity index is 653. The molecule has 3 rings (SSSR count). The van der Waals surface area contributed by atoms with Crippen LogP contribution < -0.4 is 10.1 Å². The number of benzene rings is 1. The highest BCUT2D eigenvalue weighted by Gasteiger charge is 2.17. The number of amides is 1. The van der Waals surface area contributed by atoms with E-state index in [2.05, 4.69) is 14.9 Å². The van der Waals surface area contributed by atoms with Gasteiger partial charge in [-0.2, -0.15) is 0 Å². The Morgan fingerprint density at radius 1 is 1.38 bits per heavy atom. The first kappa shape index (κ1) is 13.7. The van der Waals surface area contributed by atoms with Crippen LogP contribution in [0.4, 0.5) is 5.69 Å². The van der Waals surface area contributed by atoms with Gasteiger partial charge in [-0.1, -0.05) is 6.07 Å². The Hall–Kier alpha value is -2.30. The summed E-state index contributed by atoms with van der Waals surface area (Å²) >= 11 is 0. The Morgan fingerprint density at radius 2 is 2.24 bits per heavy atom. The number of aryl methyl sites for hydroxylation is 3. The standard InChI is InChI=1S/C16H19N3O2/c1-11-6-7-14(21-2)12(9-11)18-16(20)13-10-19-8-4-3-5-15(19)17-13/h6-7,9-10H,3-5,8H2,1-2H3,(H,18,20). The van der Waals surface area contributed by atoms with Gasteiger partial charge in [0.2, 0.25) is 0 Å². The maximum atomic E-state index is 12.4. The van der Waals surface area contributed by atoms with Crippen molar-refractivity contribution < 1.29 is 9.53 Å². The summed E-state index contributed by atoms with van der Waals surface area (Å²) in [6.07, 6.45) is 5.08. The lowest BCUT2D eigenvalue weighted by Gasteiger charge is -2.11. The van der Waals surface area contributed by atoms with Gasteiger partial charge < -0.3 is 14.6 Å². The van der Waals surface area contributed by atoms with Crippen LogP contribution in [0.5, 0.6) is 5.75 Å². The van der Waals surface area contributed by atoms with Crippen molar-refractivity contribution in [2.24, 2.45) is 0 Å². The molecule has 0 unspecified atom stereocenters. The number of nitrogens with zero attached hydrogens (tertiary/aromatic N) is 2. The Balaban J connectivity index is 1.83. The predicted molar refractivity (Wildman–Crippen MR) is 80.8 cm³/mol. The highest BCUT2D eigenvalue weighted by molar-refractivity contribution is 6.03. The molecule has 1 aliphatic heterocycles. The number of aromatic nitrogens is 2. The Kier molecular flexibility index (Phi) is 3.64. The molecule has 5 heteroatoms. The van der Waals surface area contributed by atoms with Gasteiger partial charge in [0, 0.05) is 19.2 Å². The molecule has 0 saturated carbocycles. The largest absolute Gasteiger partial charge is 0.495 e. The van der Waals surface area contributed by atoms with Crippen molar-refractivity contribution in [3.8, 4) is 5.75 Å². The Labute approximate surface area is 124 Å². The van der Waals surface area contributed by atoms with Crippen LogP contribution in [0.2, 0.25) is 0 Å². The van der Waals surface area contributed by atoms with Crippen molar-refractivity contribution in [1.29, 1.82) is 0 Å². The number of rotatable bonds is 3. The number of anilines is 1. The summed E-state index contributed by atoms with van der Waals surface area (Å²) in [5.74, 6) is 1.46. The van der Waals surface area contributed by atoms with E-state index in [0.29, 0.717) is 17.1 Å². The van der Waals surface area contributed by atoms with E-state index in [-0.39, 0.29) is 5.91 Å². The van der Waals surface area contributed by atoms with Gasteiger partial charge in [-0.05, 0) is 37.5 Å². The van der Waals surface area contributed by atoms with Crippen LogP contribution in [-0.2, 0) is 13.0 Å². The third kappa shape index (κ3) is 2.77. The van der Waals surface area contributed by atoms with E-state index < -0.39 is 0 Å². The zero-order valence-corrected chi connectivity index (χ0v) is 12.3. The van der Waals surface area contributed by atoms with Gasteiger partial charge in [-0.3, -0.25) is 4.79 Å². The van der Waals surface area contributed by atoms with E-state index in [1.165, 1.54) is 0 Å². The molecule has 1 aromatic carbocycles. The van der Waals surface area contributed by atoms with Crippen molar-refractivity contribution in [2.45, 2.75) is 32.7 Å². The van der Waals surface area contributed by atoms with Crippen LogP contribution in [-0.4, -0.2) is 22.6 Å². The molecular weight excluding hydrogens is 266 g/mol. The molecular formula is C16H19N3O2. The maximum Gasteiger partial charge on any atom is 0.275 e. The molecule has 2 heterocycles. The van der Waals surface area contributed by atoms with Crippen molar-refractivity contribution in [2.75, 3.05) is 12.4 Å². The number of hydrogen-bond donors (Lipinski definition) is 1. The number of carbonyl (C=O) groups is 1. The van der Waals surface area contributed by atoms with Crippen LogP contribution >= 0.6 is 0 Å². The number of ether oxygens (including phenoxy) is 1. The lowest BCUT2D eigenvalue weighted by molar-refractivity contribution is 0.102. The van der Waals surface area contributed by atoms with Gasteiger partial charge >= 0.3 is 0 Å². The van der Waals surface area contributed by atoms with Crippen LogP contribution in [0.3, 0.4) is 0 Å². The van der Waals surface area contributed by atoms with Crippen molar-refractivity contribution >= 4 is 11.6 Å². The monoisotopic (exact) mass is 285 g/mol. The average molecular weight is 285 g/mol. The molecule has 0 fully saturated rings. The minimum absolute atomic E-state index is 0.194. The smallest absolute Gasteiger partial charge is 0.275 e. The van der Waals surface area contributed by atoms with E-state index >= 15 is 0 Å². The lowest BCUT2D eigenvalue weighted by atomic mass is 10.2. The third-order valence-corrected chi connectivity index (χ3v) is 3.74. The summed E-state index contributed by atoms with van der Waals surface area (Å²) in [6, 6.07) is 5.69. The first-order valence-electron chi connectivity index (χ1n) is 7.19. The number of nitrogens with one attached hydrogen (secondary N) is 1. The first-order valence-corrected chi connectivity index (χ1v) is 7.19. The van der Waals surface area contributed by atoms with Gasteiger partial charge in [-0.25, -0.2) is 4.98 Å². The summed E-state index contributed by atoms with van der Waals surface area (Å²) in [6.45, 7) is 2.92. The molecule has 0 saturated heterocycles. The number of methoxy groups -OCH3 is 1. The number of imidazole rings is 1. The SMILES string of the molecule is COc1ccc(C)cc1NC(=O)c1cn2c(n1)CCCC2. The second kappa shape index (κ2) is 5.60. The average Bonchev–Trinajstić information content (AvgIpc) is 2.91. The zero-order valence-electron chi connectivity index (χ0n) is 12.3. The second-order valence-corrected chi connectivity index (χ2v) is 5.35. The van der Waals surface area contributed by atoms with Crippen molar-refractivity contribution in [1.82, 2.24) is 9.55 Å². The minimum Gasteiger partial charge on any atom is -0.495 e. The molecule has 0 radical (unpaired) electrons. The van der Waals surface area contributed by atoms with Gasteiger partial charge in [0.05, 0.1) is 12.8 Å². The molecule has 1 aliphatic rings. The molecule has 5 nitrogen and oxygen atoms in total. The molecule has 110 valence electrons. The van der Waals surface area contributed by atoms with E-state index in [4.69, 9.17) is 4.74 Å². The van der Waals surface area contributed by atoms with Crippen molar-refractivity contribution in [3.05, 3.63) is 41.5 Å². The quantitative estimate of drug-likeness (QED) is 0.943. The fraction of sp³-hybridized carbons (Fsp3) is 0.375. The lowest BCUT2D eigenvalue weighted by Crippen LogP contribution is -2.13. The van der Waals surface area contributed by atoms with Gasteiger partial charge in [0.15, 0.2) is 0 Å². The molecule has 0 spiro atoms. The van der Waals surface area contributed by atoms with Crippen LogP contribution in [0.15, 0.2) is 24.4 Å². The number of fused-ring (bicyclic) bond motifs is 1. The summed E-state index contributed by atoms with van der Waals surface area (Å²) < 4.78 is 7.35. The van der Waals surface area contributed by atoms with Crippen LogP contribution in [0.25, 0.3) is 0 Å². The molecule has 0 atom stereocenters. The molecule has 21 heavy (non-hydrogen) atoms. The minimum atomic E-state index is -0.194.